The van der Waals surface area contributed by atoms with Crippen molar-refractivity contribution in [1.82, 2.24) is 4.31 Å². The van der Waals surface area contributed by atoms with Gasteiger partial charge in [0.15, 0.2) is 0 Å². The maximum absolute atomic E-state index is 8.85. The Balaban J connectivity index is 3.39. The van der Waals surface area contributed by atoms with Gasteiger partial charge in [-0.3, -0.25) is 4.31 Å². The highest BCUT2D eigenvalue weighted by atomic mass is 32.1. The number of thiol groups is 1. The first-order valence-corrected chi connectivity index (χ1v) is 4.11. The number of nitrogens with zero attached hydrogens (tertiary/aromatic N) is 1. The maximum atomic E-state index is 8.85. The van der Waals surface area contributed by atoms with Gasteiger partial charge in [0.25, 0.3) is 0 Å². The molecule has 0 aromatic heterocycles. The van der Waals surface area contributed by atoms with E-state index in [0.29, 0.717) is 5.92 Å². The van der Waals surface area contributed by atoms with E-state index >= 15 is 0 Å². The van der Waals surface area contributed by atoms with Gasteiger partial charge in [0.05, 0.1) is 0 Å². The summed E-state index contributed by atoms with van der Waals surface area (Å²) in [5, 5.41) is 8.85. The van der Waals surface area contributed by atoms with E-state index in [1.54, 1.807) is 0 Å². The highest BCUT2D eigenvalue weighted by Gasteiger charge is 2.06. The van der Waals surface area contributed by atoms with Crippen LogP contribution in [0.4, 0.5) is 0 Å². The molecule has 0 spiro atoms. The van der Waals surface area contributed by atoms with Crippen LogP contribution in [0.25, 0.3) is 0 Å². The van der Waals surface area contributed by atoms with E-state index in [4.69, 9.17) is 5.11 Å². The zero-order chi connectivity index (χ0) is 7.98. The lowest BCUT2D eigenvalue weighted by Gasteiger charge is -2.16. The van der Waals surface area contributed by atoms with Crippen molar-refractivity contribution in [1.29, 1.82) is 0 Å². The van der Waals surface area contributed by atoms with Crippen molar-refractivity contribution in [3.63, 3.8) is 0 Å². The first kappa shape index (κ1) is 10.3. The van der Waals surface area contributed by atoms with Gasteiger partial charge in [0.1, 0.15) is 0 Å². The summed E-state index contributed by atoms with van der Waals surface area (Å²) in [6.07, 6.45) is 2.22. The molecule has 2 nitrogen and oxygen atoms in total. The first-order chi connectivity index (χ1) is 4.70. The smallest absolute Gasteiger partial charge is 0.0471 e. The highest BCUT2D eigenvalue weighted by Crippen LogP contribution is 2.07. The van der Waals surface area contributed by atoms with Crippen LogP contribution >= 0.6 is 12.8 Å². The standard InChI is InChI=1S/C7H17NOS/c1-3-4-7(6-9)5-8(2)10/h7,9-10H,3-6H2,1-2H3. The molecule has 10 heavy (non-hydrogen) atoms. The summed E-state index contributed by atoms with van der Waals surface area (Å²) in [5.74, 6) is 0.396. The molecule has 0 rings (SSSR count). The minimum absolute atomic E-state index is 0.277. The Morgan fingerprint density at radius 2 is 2.20 bits per heavy atom. The van der Waals surface area contributed by atoms with Crippen molar-refractivity contribution < 1.29 is 5.11 Å². The first-order valence-electron chi connectivity index (χ1n) is 3.71. The molecule has 1 unspecified atom stereocenters. The van der Waals surface area contributed by atoms with Crippen molar-refractivity contribution in [3.05, 3.63) is 0 Å². The Bertz CT molecular complexity index is 78.0. The molecule has 0 heterocycles. The van der Waals surface area contributed by atoms with Crippen molar-refractivity contribution in [2.45, 2.75) is 19.8 Å². The van der Waals surface area contributed by atoms with Crippen LogP contribution in [0.2, 0.25) is 0 Å². The average molecular weight is 163 g/mol. The largest absolute Gasteiger partial charge is 0.396 e. The lowest BCUT2D eigenvalue weighted by molar-refractivity contribution is 0.202. The normalized spacial score (nSPS) is 14.1. The summed E-state index contributed by atoms with van der Waals surface area (Å²) in [7, 11) is 1.90. The molecule has 0 amide bonds. The van der Waals surface area contributed by atoms with Crippen molar-refractivity contribution in [3.8, 4) is 0 Å². The fourth-order valence-corrected chi connectivity index (χ4v) is 1.25. The molecule has 0 aliphatic carbocycles. The van der Waals surface area contributed by atoms with Crippen LogP contribution in [-0.4, -0.2) is 29.6 Å². The number of hydrogen-bond acceptors (Lipinski definition) is 3. The molecular formula is C7H17NOS. The molecule has 3 heteroatoms. The van der Waals surface area contributed by atoms with Crippen LogP contribution in [0.15, 0.2) is 0 Å². The molecule has 0 bridgehead atoms. The zero-order valence-electron chi connectivity index (χ0n) is 6.75. The van der Waals surface area contributed by atoms with E-state index in [0.717, 1.165) is 19.4 Å². The van der Waals surface area contributed by atoms with E-state index in [-0.39, 0.29) is 6.61 Å². The van der Waals surface area contributed by atoms with Crippen LogP contribution < -0.4 is 0 Å². The second kappa shape index (κ2) is 6.01. The van der Waals surface area contributed by atoms with Gasteiger partial charge in [-0.15, -0.1) is 0 Å². The SMILES string of the molecule is CCCC(CO)CN(C)S. The van der Waals surface area contributed by atoms with Gasteiger partial charge in [-0.2, -0.15) is 0 Å². The summed E-state index contributed by atoms with van der Waals surface area (Å²) < 4.78 is 1.82. The molecule has 0 saturated carbocycles. The van der Waals surface area contributed by atoms with Gasteiger partial charge in [0.2, 0.25) is 0 Å². The molecular weight excluding hydrogens is 146 g/mol. The molecule has 0 aliphatic rings. The molecule has 0 aromatic carbocycles. The molecule has 62 valence electrons. The maximum Gasteiger partial charge on any atom is 0.0471 e. The van der Waals surface area contributed by atoms with E-state index < -0.39 is 0 Å². The molecule has 0 fully saturated rings. The van der Waals surface area contributed by atoms with E-state index in [1.165, 1.54) is 0 Å². The Kier molecular flexibility index (Phi) is 6.17. The van der Waals surface area contributed by atoms with E-state index in [9.17, 15) is 0 Å². The lowest BCUT2D eigenvalue weighted by atomic mass is 10.1. The van der Waals surface area contributed by atoms with Gasteiger partial charge in [-0.05, 0) is 19.4 Å². The third kappa shape index (κ3) is 5.09. The third-order valence-electron chi connectivity index (χ3n) is 1.48. The van der Waals surface area contributed by atoms with Crippen molar-refractivity contribution >= 4 is 12.8 Å². The minimum atomic E-state index is 0.277. The topological polar surface area (TPSA) is 23.5 Å². The van der Waals surface area contributed by atoms with Crippen molar-refractivity contribution in [2.75, 3.05) is 20.2 Å². The second-order valence-electron chi connectivity index (χ2n) is 2.68. The monoisotopic (exact) mass is 163 g/mol. The van der Waals surface area contributed by atoms with Gasteiger partial charge >= 0.3 is 0 Å². The predicted molar refractivity (Wildman–Crippen MR) is 47.1 cm³/mol. The summed E-state index contributed by atoms with van der Waals surface area (Å²) in [6, 6.07) is 0. The van der Waals surface area contributed by atoms with Crippen LogP contribution in [0, 0.1) is 5.92 Å². The minimum Gasteiger partial charge on any atom is -0.396 e. The molecule has 0 saturated heterocycles. The number of aliphatic hydroxyl groups is 1. The number of hydrogen-bond donors (Lipinski definition) is 2. The van der Waals surface area contributed by atoms with E-state index in [1.807, 2.05) is 11.4 Å². The van der Waals surface area contributed by atoms with Gasteiger partial charge in [-0.25, -0.2) is 0 Å². The molecule has 0 aliphatic heterocycles. The lowest BCUT2D eigenvalue weighted by Crippen LogP contribution is -2.20. The van der Waals surface area contributed by atoms with Gasteiger partial charge < -0.3 is 5.11 Å². The van der Waals surface area contributed by atoms with E-state index in [2.05, 4.69) is 19.7 Å². The number of rotatable bonds is 5. The quantitative estimate of drug-likeness (QED) is 0.594. The molecule has 1 atom stereocenters. The summed E-state index contributed by atoms with van der Waals surface area (Å²) in [6.45, 7) is 3.27. The van der Waals surface area contributed by atoms with Crippen LogP contribution in [-0.2, 0) is 0 Å². The predicted octanol–water partition coefficient (Wildman–Crippen LogP) is 1.17. The average Bonchev–Trinajstić information content (AvgIpc) is 1.86. The Morgan fingerprint density at radius 1 is 1.60 bits per heavy atom. The summed E-state index contributed by atoms with van der Waals surface area (Å²) in [4.78, 5) is 0. The fraction of sp³-hybridized carbons (Fsp3) is 1.00. The fourth-order valence-electron chi connectivity index (χ4n) is 1.02. The van der Waals surface area contributed by atoms with Gasteiger partial charge in [-0.1, -0.05) is 26.2 Å². The Morgan fingerprint density at radius 3 is 2.50 bits per heavy atom. The summed E-state index contributed by atoms with van der Waals surface area (Å²) >= 11 is 4.11. The van der Waals surface area contributed by atoms with Crippen LogP contribution in [0.3, 0.4) is 0 Å². The molecule has 1 N–H and O–H groups in total. The molecule has 0 aromatic rings. The highest BCUT2D eigenvalue weighted by molar-refractivity contribution is 7.77. The summed E-state index contributed by atoms with van der Waals surface area (Å²) in [5.41, 5.74) is 0. The Labute approximate surface area is 68.8 Å². The van der Waals surface area contributed by atoms with Gasteiger partial charge in [0, 0.05) is 13.2 Å². The van der Waals surface area contributed by atoms with Crippen molar-refractivity contribution in [2.24, 2.45) is 5.92 Å². The third-order valence-corrected chi connectivity index (χ3v) is 1.64. The van der Waals surface area contributed by atoms with Crippen LogP contribution in [0.5, 0.6) is 0 Å². The zero-order valence-corrected chi connectivity index (χ0v) is 7.64. The van der Waals surface area contributed by atoms with Crippen LogP contribution in [0.1, 0.15) is 19.8 Å². The molecule has 0 radical (unpaired) electrons. The second-order valence-corrected chi connectivity index (χ2v) is 3.36. The number of aliphatic hydroxyl groups excluding tert-OH is 1. The Hall–Kier alpha value is 0.270.